The number of nitrogen functional groups attached to an aromatic ring is 1. The van der Waals surface area contributed by atoms with Gasteiger partial charge in [0, 0.05) is 12.2 Å². The standard InChI is InChI=1S/C14H20FN3O3/c1-3-5-17-13(19)8-18-12-6-9(14(20)21-4-2)11(16)7-10(12)15/h6-7,18H,3-5,8,16H2,1-2H3,(H,17,19). The highest BCUT2D eigenvalue weighted by Gasteiger charge is 2.15. The second-order valence-corrected chi connectivity index (χ2v) is 4.34. The van der Waals surface area contributed by atoms with Crippen LogP contribution < -0.4 is 16.4 Å². The van der Waals surface area contributed by atoms with E-state index in [0.717, 1.165) is 12.5 Å². The molecule has 1 amide bonds. The van der Waals surface area contributed by atoms with Crippen LogP contribution in [0.3, 0.4) is 0 Å². The van der Waals surface area contributed by atoms with E-state index >= 15 is 0 Å². The van der Waals surface area contributed by atoms with E-state index in [0.29, 0.717) is 6.54 Å². The Morgan fingerprint density at radius 2 is 2.05 bits per heavy atom. The Morgan fingerprint density at radius 1 is 1.33 bits per heavy atom. The Kier molecular flexibility index (Phi) is 6.45. The van der Waals surface area contributed by atoms with E-state index in [2.05, 4.69) is 10.6 Å². The quantitative estimate of drug-likeness (QED) is 0.524. The molecule has 0 aromatic heterocycles. The molecule has 0 radical (unpaired) electrons. The van der Waals surface area contributed by atoms with Gasteiger partial charge in [-0.1, -0.05) is 6.92 Å². The third-order valence-electron chi connectivity index (χ3n) is 2.65. The van der Waals surface area contributed by atoms with Gasteiger partial charge in [-0.3, -0.25) is 4.79 Å². The molecule has 0 unspecified atom stereocenters. The summed E-state index contributed by atoms with van der Waals surface area (Å²) in [7, 11) is 0. The van der Waals surface area contributed by atoms with Gasteiger partial charge in [0.2, 0.25) is 5.91 Å². The lowest BCUT2D eigenvalue weighted by molar-refractivity contribution is -0.119. The summed E-state index contributed by atoms with van der Waals surface area (Å²) in [4.78, 5) is 23.1. The van der Waals surface area contributed by atoms with Gasteiger partial charge in [-0.15, -0.1) is 0 Å². The number of hydrogen-bond donors (Lipinski definition) is 3. The van der Waals surface area contributed by atoms with Gasteiger partial charge in [-0.25, -0.2) is 9.18 Å². The molecule has 0 fully saturated rings. The van der Waals surface area contributed by atoms with E-state index in [1.54, 1.807) is 6.92 Å². The average Bonchev–Trinajstić information content (AvgIpc) is 2.44. The van der Waals surface area contributed by atoms with E-state index in [1.165, 1.54) is 6.07 Å². The zero-order valence-corrected chi connectivity index (χ0v) is 12.2. The van der Waals surface area contributed by atoms with Crippen LogP contribution in [0, 0.1) is 5.82 Å². The zero-order chi connectivity index (χ0) is 15.8. The van der Waals surface area contributed by atoms with Crippen molar-refractivity contribution in [1.82, 2.24) is 5.32 Å². The van der Waals surface area contributed by atoms with Crippen molar-refractivity contribution in [3.63, 3.8) is 0 Å². The predicted molar refractivity (Wildman–Crippen MR) is 78.6 cm³/mol. The molecule has 21 heavy (non-hydrogen) atoms. The molecule has 116 valence electrons. The molecule has 7 heteroatoms. The molecular weight excluding hydrogens is 277 g/mol. The molecule has 0 aliphatic rings. The van der Waals surface area contributed by atoms with Crippen LogP contribution in [0.15, 0.2) is 12.1 Å². The SMILES string of the molecule is CCCNC(=O)CNc1cc(C(=O)OCC)c(N)cc1F. The number of esters is 1. The molecule has 0 bridgehead atoms. The normalized spacial score (nSPS) is 10.0. The number of nitrogens with one attached hydrogen (secondary N) is 2. The summed E-state index contributed by atoms with van der Waals surface area (Å²) in [5, 5.41) is 5.29. The molecular formula is C14H20FN3O3. The first-order chi connectivity index (χ1) is 9.99. The third kappa shape index (κ3) is 4.94. The number of anilines is 2. The number of amides is 1. The number of carbonyl (C=O) groups excluding carboxylic acids is 2. The van der Waals surface area contributed by atoms with Crippen molar-refractivity contribution in [3.8, 4) is 0 Å². The van der Waals surface area contributed by atoms with Gasteiger partial charge < -0.3 is 21.1 Å². The van der Waals surface area contributed by atoms with Crippen LogP contribution >= 0.6 is 0 Å². The predicted octanol–water partition coefficient (Wildman–Crippen LogP) is 1.52. The summed E-state index contributed by atoms with van der Waals surface area (Å²) < 4.78 is 18.6. The van der Waals surface area contributed by atoms with E-state index in [4.69, 9.17) is 10.5 Å². The van der Waals surface area contributed by atoms with Gasteiger partial charge >= 0.3 is 5.97 Å². The number of rotatable bonds is 7. The van der Waals surface area contributed by atoms with Crippen molar-refractivity contribution in [2.45, 2.75) is 20.3 Å². The van der Waals surface area contributed by atoms with Gasteiger partial charge in [-0.2, -0.15) is 0 Å². The molecule has 0 aliphatic carbocycles. The Hall–Kier alpha value is -2.31. The molecule has 0 atom stereocenters. The van der Waals surface area contributed by atoms with Crippen molar-refractivity contribution in [2.75, 3.05) is 30.7 Å². The summed E-state index contributed by atoms with van der Waals surface area (Å²) >= 11 is 0. The molecule has 6 nitrogen and oxygen atoms in total. The fourth-order valence-corrected chi connectivity index (χ4v) is 1.61. The van der Waals surface area contributed by atoms with Crippen LogP contribution in [0.4, 0.5) is 15.8 Å². The lowest BCUT2D eigenvalue weighted by Gasteiger charge is -2.11. The van der Waals surface area contributed by atoms with E-state index < -0.39 is 11.8 Å². The van der Waals surface area contributed by atoms with Gasteiger partial charge in [0.1, 0.15) is 5.82 Å². The van der Waals surface area contributed by atoms with Crippen LogP contribution in [0.2, 0.25) is 0 Å². The maximum atomic E-state index is 13.8. The lowest BCUT2D eigenvalue weighted by atomic mass is 10.1. The molecule has 1 aromatic rings. The fourth-order valence-electron chi connectivity index (χ4n) is 1.61. The highest BCUT2D eigenvalue weighted by atomic mass is 19.1. The third-order valence-corrected chi connectivity index (χ3v) is 2.65. The first-order valence-corrected chi connectivity index (χ1v) is 6.76. The smallest absolute Gasteiger partial charge is 0.340 e. The second kappa shape index (κ2) is 8.08. The minimum atomic E-state index is -0.635. The number of nitrogens with two attached hydrogens (primary N) is 1. The maximum Gasteiger partial charge on any atom is 0.340 e. The van der Waals surface area contributed by atoms with Crippen LogP contribution in [-0.4, -0.2) is 31.6 Å². The molecule has 0 aliphatic heterocycles. The van der Waals surface area contributed by atoms with Crippen molar-refractivity contribution in [3.05, 3.63) is 23.5 Å². The maximum absolute atomic E-state index is 13.8. The van der Waals surface area contributed by atoms with Crippen molar-refractivity contribution < 1.29 is 18.7 Å². The second-order valence-electron chi connectivity index (χ2n) is 4.34. The van der Waals surface area contributed by atoms with Crippen LogP contribution in [-0.2, 0) is 9.53 Å². The average molecular weight is 297 g/mol. The van der Waals surface area contributed by atoms with E-state index in [1.807, 2.05) is 6.92 Å². The number of hydrogen-bond acceptors (Lipinski definition) is 5. The fraction of sp³-hybridized carbons (Fsp3) is 0.429. The summed E-state index contributed by atoms with van der Waals surface area (Å²) in [6.45, 7) is 4.24. The molecule has 0 saturated heterocycles. The molecule has 0 heterocycles. The molecule has 0 saturated carbocycles. The highest BCUT2D eigenvalue weighted by molar-refractivity contribution is 5.96. The molecule has 1 aromatic carbocycles. The summed E-state index contributed by atoms with van der Waals surface area (Å²) in [6, 6.07) is 2.27. The Balaban J connectivity index is 2.80. The monoisotopic (exact) mass is 297 g/mol. The number of benzene rings is 1. The van der Waals surface area contributed by atoms with Crippen molar-refractivity contribution in [1.29, 1.82) is 0 Å². The topological polar surface area (TPSA) is 93.5 Å². The van der Waals surface area contributed by atoms with Crippen LogP contribution in [0.1, 0.15) is 30.6 Å². The minimum absolute atomic E-state index is 0.00747. The van der Waals surface area contributed by atoms with Crippen LogP contribution in [0.25, 0.3) is 0 Å². The summed E-state index contributed by atoms with van der Waals surface area (Å²) in [6.07, 6.45) is 0.814. The molecule has 4 N–H and O–H groups in total. The Bertz CT molecular complexity index is 520. The van der Waals surface area contributed by atoms with E-state index in [9.17, 15) is 14.0 Å². The largest absolute Gasteiger partial charge is 0.462 e. The Morgan fingerprint density at radius 3 is 2.67 bits per heavy atom. The van der Waals surface area contributed by atoms with Crippen molar-refractivity contribution >= 4 is 23.3 Å². The number of halogens is 1. The highest BCUT2D eigenvalue weighted by Crippen LogP contribution is 2.22. The lowest BCUT2D eigenvalue weighted by Crippen LogP contribution is -2.30. The molecule has 1 rings (SSSR count). The van der Waals surface area contributed by atoms with Gasteiger partial charge in [0.15, 0.2) is 0 Å². The van der Waals surface area contributed by atoms with Gasteiger partial charge in [0.05, 0.1) is 24.4 Å². The summed E-state index contributed by atoms with van der Waals surface area (Å²) in [5.74, 6) is -1.52. The van der Waals surface area contributed by atoms with Crippen molar-refractivity contribution in [2.24, 2.45) is 0 Å². The molecule has 0 spiro atoms. The van der Waals surface area contributed by atoms with Gasteiger partial charge in [-0.05, 0) is 25.5 Å². The first-order valence-electron chi connectivity index (χ1n) is 6.76. The van der Waals surface area contributed by atoms with E-state index in [-0.39, 0.29) is 36.0 Å². The Labute approximate surface area is 122 Å². The first kappa shape index (κ1) is 16.7. The number of ether oxygens (including phenoxy) is 1. The van der Waals surface area contributed by atoms with Crippen LogP contribution in [0.5, 0.6) is 0 Å². The minimum Gasteiger partial charge on any atom is -0.462 e. The zero-order valence-electron chi connectivity index (χ0n) is 12.2. The summed E-state index contributed by atoms with van der Waals surface area (Å²) in [5.41, 5.74) is 5.68. The number of carbonyl (C=O) groups is 2. The van der Waals surface area contributed by atoms with Gasteiger partial charge in [0.25, 0.3) is 0 Å².